The highest BCUT2D eigenvalue weighted by atomic mass is 14.0. The summed E-state index contributed by atoms with van der Waals surface area (Å²) in [6.07, 6.45) is 10.5. The second kappa shape index (κ2) is 5.02. The van der Waals surface area contributed by atoms with Crippen molar-refractivity contribution in [2.45, 2.75) is 39.0 Å². The molecule has 0 fully saturated rings. The van der Waals surface area contributed by atoms with E-state index in [-0.39, 0.29) is 0 Å². The molecule has 60 valence electrons. The number of allylic oxidation sites excluding steroid dienone is 2. The first-order valence-electron chi connectivity index (χ1n) is 4.56. The van der Waals surface area contributed by atoms with Gasteiger partial charge in [0.15, 0.2) is 0 Å². The molecule has 1 rings (SSSR count). The minimum absolute atomic E-state index is 0.709. The van der Waals surface area contributed by atoms with Crippen LogP contribution in [-0.4, -0.2) is 0 Å². The van der Waals surface area contributed by atoms with Gasteiger partial charge in [-0.2, -0.15) is 0 Å². The first-order chi connectivity index (χ1) is 5.43. The third-order valence-electron chi connectivity index (χ3n) is 2.09. The SMILES string of the molecule is CCC1C=CCCCC#CC1. The zero-order valence-corrected chi connectivity index (χ0v) is 7.27. The third-order valence-corrected chi connectivity index (χ3v) is 2.09. The van der Waals surface area contributed by atoms with Crippen molar-refractivity contribution in [2.24, 2.45) is 5.92 Å². The lowest BCUT2D eigenvalue weighted by atomic mass is 10.0. The van der Waals surface area contributed by atoms with Crippen LogP contribution in [0.4, 0.5) is 0 Å². The van der Waals surface area contributed by atoms with Gasteiger partial charge in [0.2, 0.25) is 0 Å². The van der Waals surface area contributed by atoms with Crippen molar-refractivity contribution in [3.8, 4) is 11.8 Å². The highest BCUT2D eigenvalue weighted by molar-refractivity contribution is 5.05. The van der Waals surface area contributed by atoms with Gasteiger partial charge in [-0.05, 0) is 25.2 Å². The summed E-state index contributed by atoms with van der Waals surface area (Å²) < 4.78 is 0. The Kier molecular flexibility index (Phi) is 3.83. The molecule has 0 saturated carbocycles. The van der Waals surface area contributed by atoms with E-state index in [1.807, 2.05) is 0 Å². The van der Waals surface area contributed by atoms with Crippen molar-refractivity contribution in [3.63, 3.8) is 0 Å². The Hall–Kier alpha value is -0.700. The molecule has 0 bridgehead atoms. The van der Waals surface area contributed by atoms with Gasteiger partial charge in [0.1, 0.15) is 0 Å². The maximum Gasteiger partial charge on any atom is 0.0152 e. The van der Waals surface area contributed by atoms with E-state index in [1.165, 1.54) is 19.3 Å². The summed E-state index contributed by atoms with van der Waals surface area (Å²) >= 11 is 0. The lowest BCUT2D eigenvalue weighted by Crippen LogP contribution is -1.90. The minimum atomic E-state index is 0.709. The van der Waals surface area contributed by atoms with Crippen molar-refractivity contribution in [1.29, 1.82) is 0 Å². The first-order valence-corrected chi connectivity index (χ1v) is 4.56. The second-order valence-corrected chi connectivity index (χ2v) is 3.05. The Morgan fingerprint density at radius 3 is 3.18 bits per heavy atom. The Balaban J connectivity index is 2.48. The van der Waals surface area contributed by atoms with E-state index in [0.717, 1.165) is 12.8 Å². The van der Waals surface area contributed by atoms with Crippen LogP contribution in [0.3, 0.4) is 0 Å². The maximum absolute atomic E-state index is 3.23. The molecule has 0 heterocycles. The van der Waals surface area contributed by atoms with Crippen molar-refractivity contribution < 1.29 is 0 Å². The van der Waals surface area contributed by atoms with Gasteiger partial charge in [0.05, 0.1) is 0 Å². The first kappa shape index (κ1) is 8.40. The summed E-state index contributed by atoms with van der Waals surface area (Å²) in [4.78, 5) is 0. The minimum Gasteiger partial charge on any atom is -0.103 e. The van der Waals surface area contributed by atoms with Crippen molar-refractivity contribution in [3.05, 3.63) is 12.2 Å². The third kappa shape index (κ3) is 3.28. The van der Waals surface area contributed by atoms with Gasteiger partial charge in [-0.15, -0.1) is 11.8 Å². The number of hydrogen-bond acceptors (Lipinski definition) is 0. The van der Waals surface area contributed by atoms with Gasteiger partial charge in [-0.25, -0.2) is 0 Å². The van der Waals surface area contributed by atoms with Gasteiger partial charge >= 0.3 is 0 Å². The molecule has 0 amide bonds. The van der Waals surface area contributed by atoms with E-state index in [0.29, 0.717) is 5.92 Å². The predicted octanol–water partition coefficient (Wildman–Crippen LogP) is 3.15. The summed E-state index contributed by atoms with van der Waals surface area (Å²) in [6, 6.07) is 0. The molecule has 1 unspecified atom stereocenters. The Morgan fingerprint density at radius 2 is 2.36 bits per heavy atom. The van der Waals surface area contributed by atoms with E-state index in [9.17, 15) is 0 Å². The fourth-order valence-electron chi connectivity index (χ4n) is 1.24. The lowest BCUT2D eigenvalue weighted by Gasteiger charge is -2.02. The lowest BCUT2D eigenvalue weighted by molar-refractivity contribution is 0.646. The largest absolute Gasteiger partial charge is 0.103 e. The van der Waals surface area contributed by atoms with E-state index in [4.69, 9.17) is 0 Å². The van der Waals surface area contributed by atoms with Crippen LogP contribution in [0.25, 0.3) is 0 Å². The van der Waals surface area contributed by atoms with Gasteiger partial charge < -0.3 is 0 Å². The molecule has 0 heteroatoms. The van der Waals surface area contributed by atoms with Crippen LogP contribution in [0.15, 0.2) is 12.2 Å². The summed E-state index contributed by atoms with van der Waals surface area (Å²) in [5.74, 6) is 7.14. The van der Waals surface area contributed by atoms with Crippen molar-refractivity contribution in [2.75, 3.05) is 0 Å². The molecule has 0 aliphatic heterocycles. The normalized spacial score (nSPS) is 24.3. The van der Waals surface area contributed by atoms with E-state index in [2.05, 4.69) is 30.9 Å². The Labute approximate surface area is 69.7 Å². The van der Waals surface area contributed by atoms with Crippen LogP contribution in [0.1, 0.15) is 39.0 Å². The molecular formula is C11H16. The molecule has 1 aliphatic carbocycles. The molecule has 0 aromatic rings. The molecule has 0 aromatic carbocycles. The van der Waals surface area contributed by atoms with Crippen LogP contribution in [0.2, 0.25) is 0 Å². The predicted molar refractivity (Wildman–Crippen MR) is 49.2 cm³/mol. The Morgan fingerprint density at radius 1 is 1.45 bits per heavy atom. The zero-order chi connectivity index (χ0) is 7.94. The van der Waals surface area contributed by atoms with Crippen LogP contribution in [0.5, 0.6) is 0 Å². The molecule has 0 spiro atoms. The molecule has 0 radical (unpaired) electrons. The highest BCUT2D eigenvalue weighted by Gasteiger charge is 1.98. The molecule has 1 aliphatic rings. The fraction of sp³-hybridized carbons (Fsp3) is 0.636. The molecule has 0 nitrogen and oxygen atoms in total. The van der Waals surface area contributed by atoms with Gasteiger partial charge in [0, 0.05) is 12.8 Å². The molecule has 11 heavy (non-hydrogen) atoms. The summed E-state index contributed by atoms with van der Waals surface area (Å²) in [6.45, 7) is 2.23. The molecule has 0 N–H and O–H groups in total. The average Bonchev–Trinajstić information content (AvgIpc) is 2.16. The highest BCUT2D eigenvalue weighted by Crippen LogP contribution is 2.11. The second-order valence-electron chi connectivity index (χ2n) is 3.05. The van der Waals surface area contributed by atoms with Crippen LogP contribution < -0.4 is 0 Å². The van der Waals surface area contributed by atoms with E-state index < -0.39 is 0 Å². The summed E-state index contributed by atoms with van der Waals surface area (Å²) in [5.41, 5.74) is 0. The Bertz CT molecular complexity index is 178. The molecule has 0 aromatic heterocycles. The smallest absolute Gasteiger partial charge is 0.0152 e. The molecule has 0 saturated heterocycles. The maximum atomic E-state index is 3.23. The van der Waals surface area contributed by atoms with Crippen molar-refractivity contribution in [1.82, 2.24) is 0 Å². The summed E-state index contributed by atoms with van der Waals surface area (Å²) in [5, 5.41) is 0. The standard InChI is InChI=1S/C11H16/c1-2-11-9-7-5-3-4-6-8-10-11/h7,9,11H,2-5,10H2,1H3. The average molecular weight is 148 g/mol. The zero-order valence-electron chi connectivity index (χ0n) is 7.27. The van der Waals surface area contributed by atoms with E-state index in [1.54, 1.807) is 0 Å². The van der Waals surface area contributed by atoms with Gasteiger partial charge in [0.25, 0.3) is 0 Å². The van der Waals surface area contributed by atoms with Crippen LogP contribution in [0, 0.1) is 17.8 Å². The quantitative estimate of drug-likeness (QED) is 0.396. The topological polar surface area (TPSA) is 0 Å². The monoisotopic (exact) mass is 148 g/mol. The number of hydrogen-bond donors (Lipinski definition) is 0. The van der Waals surface area contributed by atoms with Crippen LogP contribution >= 0.6 is 0 Å². The molecule has 1 atom stereocenters. The fourth-order valence-corrected chi connectivity index (χ4v) is 1.24. The van der Waals surface area contributed by atoms with Crippen LogP contribution in [-0.2, 0) is 0 Å². The summed E-state index contributed by atoms with van der Waals surface area (Å²) in [7, 11) is 0. The molecular weight excluding hydrogens is 132 g/mol. The van der Waals surface area contributed by atoms with Gasteiger partial charge in [-0.3, -0.25) is 0 Å². The van der Waals surface area contributed by atoms with E-state index >= 15 is 0 Å². The number of rotatable bonds is 1. The van der Waals surface area contributed by atoms with Crippen molar-refractivity contribution >= 4 is 0 Å². The van der Waals surface area contributed by atoms with Gasteiger partial charge in [-0.1, -0.05) is 19.1 Å².